The predicted molar refractivity (Wildman–Crippen MR) is 452 cm³/mol. The average Bonchev–Trinajstić information content (AvgIpc) is 0.870. The van der Waals surface area contributed by atoms with Crippen LogP contribution in [0.15, 0.2) is 309 Å². The molecule has 116 heavy (non-hydrogen) atoms. The van der Waals surface area contributed by atoms with Gasteiger partial charge in [-0.1, -0.05) is 187 Å². The van der Waals surface area contributed by atoms with E-state index in [0.29, 0.717) is 37.9 Å². The van der Waals surface area contributed by atoms with Crippen LogP contribution in [0.3, 0.4) is 0 Å². The molecule has 0 saturated carbocycles. The van der Waals surface area contributed by atoms with Crippen molar-refractivity contribution in [1.82, 2.24) is 0 Å². The number of phenolic OH excluding ortho intramolecular Hbond substituents is 4. The fourth-order valence-electron chi connectivity index (χ4n) is 9.93. The number of halogens is 6. The maximum absolute atomic E-state index is 13.4. The Hall–Kier alpha value is -14.0. The van der Waals surface area contributed by atoms with Crippen LogP contribution >= 0.6 is 34.8 Å². The monoisotopic (exact) mass is 1620 g/mol. The van der Waals surface area contributed by atoms with Crippen LogP contribution in [0.5, 0.6) is 51.7 Å². The molecule has 0 fully saturated rings. The van der Waals surface area contributed by atoms with Crippen LogP contribution in [0.4, 0.5) is 13.2 Å². The van der Waals surface area contributed by atoms with E-state index in [9.17, 15) is 62.4 Å². The third-order valence-corrected chi connectivity index (χ3v) is 16.7. The summed E-state index contributed by atoms with van der Waals surface area (Å²) >= 11 is 17.4. The fourth-order valence-corrected chi connectivity index (χ4v) is 10.4. The lowest BCUT2D eigenvalue weighted by Crippen LogP contribution is -1.97. The Kier molecular flexibility index (Phi) is 35.9. The van der Waals surface area contributed by atoms with Crippen LogP contribution in [0.1, 0.15) is 95.5 Å². The minimum atomic E-state index is -0.569. The summed E-state index contributed by atoms with van der Waals surface area (Å²) in [5.41, 5.74) is 6.00. The van der Waals surface area contributed by atoms with E-state index in [1.165, 1.54) is 121 Å². The molecule has 12 rings (SSSR count). The van der Waals surface area contributed by atoms with Gasteiger partial charge >= 0.3 is 0 Å². The van der Waals surface area contributed by atoms with E-state index >= 15 is 0 Å². The van der Waals surface area contributed by atoms with E-state index < -0.39 is 23.2 Å². The van der Waals surface area contributed by atoms with Crippen molar-refractivity contribution in [3.05, 3.63) is 409 Å². The number of ether oxygens (including phenoxy) is 5. The molecular formula is C95H76Cl3F3O15. The van der Waals surface area contributed by atoms with Crippen molar-refractivity contribution >= 4 is 106 Å². The van der Waals surface area contributed by atoms with E-state index in [2.05, 4.69) is 0 Å². The van der Waals surface area contributed by atoms with Gasteiger partial charge in [-0.2, -0.15) is 0 Å². The topological polar surface area (TPSA) is 229 Å². The highest BCUT2D eigenvalue weighted by molar-refractivity contribution is 6.32. The zero-order chi connectivity index (χ0) is 83.9. The van der Waals surface area contributed by atoms with Crippen molar-refractivity contribution in [1.29, 1.82) is 0 Å². The number of phenols is 4. The van der Waals surface area contributed by atoms with Crippen molar-refractivity contribution < 1.29 is 86.0 Å². The number of hydrogen-bond donors (Lipinski definition) is 4. The average molecular weight is 1620 g/mol. The van der Waals surface area contributed by atoms with Gasteiger partial charge in [0.15, 0.2) is 34.7 Å². The molecule has 0 aliphatic heterocycles. The molecular weight excluding hydrogens is 1540 g/mol. The summed E-state index contributed by atoms with van der Waals surface area (Å²) in [4.78, 5) is 71.4. The molecule has 21 heteroatoms. The summed E-state index contributed by atoms with van der Waals surface area (Å²) in [6.07, 6.45) is 18.2. The number of ketones is 6. The molecule has 0 aromatic heterocycles. The minimum Gasteiger partial charge on any atom is -0.507 e. The first-order chi connectivity index (χ1) is 55.8. The first-order valence-corrected chi connectivity index (χ1v) is 36.0. The van der Waals surface area contributed by atoms with E-state index in [4.69, 9.17) is 58.5 Å². The van der Waals surface area contributed by atoms with Crippen LogP contribution < -0.4 is 23.7 Å². The van der Waals surface area contributed by atoms with Gasteiger partial charge in [-0.05, 0) is 228 Å². The highest BCUT2D eigenvalue weighted by Gasteiger charge is 2.14. The highest BCUT2D eigenvalue weighted by Crippen LogP contribution is 2.28. The maximum Gasteiger partial charge on any atom is 0.189 e. The lowest BCUT2D eigenvalue weighted by atomic mass is 10.1. The summed E-state index contributed by atoms with van der Waals surface area (Å²) < 4.78 is 64.8. The number of carbonyl (C=O) groups is 6. The lowest BCUT2D eigenvalue weighted by molar-refractivity contribution is 0.103. The zero-order valence-corrected chi connectivity index (χ0v) is 65.2. The van der Waals surface area contributed by atoms with Crippen LogP contribution in [0.2, 0.25) is 15.1 Å². The summed E-state index contributed by atoms with van der Waals surface area (Å²) in [7, 11) is 7.90. The van der Waals surface area contributed by atoms with Crippen molar-refractivity contribution in [2.24, 2.45) is 0 Å². The first-order valence-electron chi connectivity index (χ1n) is 34.9. The normalized spacial score (nSPS) is 10.7. The number of allylic oxidation sites excluding steroid dienone is 6. The smallest absolute Gasteiger partial charge is 0.189 e. The Morgan fingerprint density at radius 3 is 0.914 bits per heavy atom. The Balaban J connectivity index is 0.000000193. The number of carbonyl (C=O) groups excluding carboxylic acids is 6. The summed E-state index contributed by atoms with van der Waals surface area (Å²) in [5, 5.41) is 39.7. The van der Waals surface area contributed by atoms with E-state index in [0.717, 1.165) is 63.1 Å². The number of methoxy groups -OCH3 is 5. The molecule has 0 unspecified atom stereocenters. The van der Waals surface area contributed by atoms with E-state index in [-0.39, 0.29) is 79.7 Å². The molecule has 0 aliphatic rings. The molecule has 0 saturated heterocycles. The number of hydrogen-bond acceptors (Lipinski definition) is 15. The number of aromatic hydroxyl groups is 4. The summed E-state index contributed by atoms with van der Waals surface area (Å²) in [6.45, 7) is 0. The van der Waals surface area contributed by atoms with E-state index in [1.54, 1.807) is 133 Å². The van der Waals surface area contributed by atoms with Crippen molar-refractivity contribution in [2.45, 2.75) is 0 Å². The van der Waals surface area contributed by atoms with Gasteiger partial charge in [0.25, 0.3) is 0 Å². The molecule has 0 heterocycles. The summed E-state index contributed by atoms with van der Waals surface area (Å²) in [5.74, 6) is -0.322. The van der Waals surface area contributed by atoms with Crippen molar-refractivity contribution in [3.8, 4) is 51.7 Å². The third kappa shape index (κ3) is 29.9. The van der Waals surface area contributed by atoms with Crippen LogP contribution in [-0.4, -0.2) is 90.7 Å². The molecule has 0 spiro atoms. The molecule has 588 valence electrons. The minimum absolute atomic E-state index is 0.0656. The SMILES string of the molecule is COc1ccc(/C=C/C(=O)c2cc(Cl)ccc2O)cc1.COc1ccc(/C=C/C(=O)c2cccc(F)c2)cc1.COc1cccc(/C=C/C(=O)c2cc(Cl)ccc2O)c1.COc1cccc(/C=C/C(=O)c2cc(F)ccc2O)c1.COc1cccc(/C=C/C(=O)c2ccccc2F)c1.O=C(/C=C/c1ccccc1)c1cc(Cl)ccc1O. The first kappa shape index (κ1) is 89.2. The molecule has 0 aliphatic carbocycles. The molecule has 12 aromatic rings. The second-order valence-corrected chi connectivity index (χ2v) is 25.4. The van der Waals surface area contributed by atoms with Gasteiger partial charge in [0.2, 0.25) is 0 Å². The van der Waals surface area contributed by atoms with Crippen molar-refractivity contribution in [3.63, 3.8) is 0 Å². The molecule has 0 atom stereocenters. The summed E-state index contributed by atoms with van der Waals surface area (Å²) in [6, 6.07) is 73.7. The second kappa shape index (κ2) is 46.7. The maximum atomic E-state index is 13.4. The van der Waals surface area contributed by atoms with Crippen LogP contribution in [-0.2, 0) is 0 Å². The van der Waals surface area contributed by atoms with Gasteiger partial charge < -0.3 is 44.1 Å². The van der Waals surface area contributed by atoms with Gasteiger partial charge in [0.1, 0.15) is 69.2 Å². The van der Waals surface area contributed by atoms with Crippen molar-refractivity contribution in [2.75, 3.05) is 35.5 Å². The van der Waals surface area contributed by atoms with Gasteiger partial charge in [0, 0.05) is 20.6 Å². The van der Waals surface area contributed by atoms with Gasteiger partial charge in [0.05, 0.1) is 63.4 Å². The Morgan fingerprint density at radius 2 is 0.552 bits per heavy atom. The largest absolute Gasteiger partial charge is 0.507 e. The van der Waals surface area contributed by atoms with Crippen LogP contribution in [0, 0.1) is 17.5 Å². The van der Waals surface area contributed by atoms with Crippen LogP contribution in [0.25, 0.3) is 36.5 Å². The zero-order valence-electron chi connectivity index (χ0n) is 63.0. The Bertz CT molecular complexity index is 5430. The Labute approximate surface area is 683 Å². The molecule has 0 bridgehead atoms. The molecule has 4 N–H and O–H groups in total. The highest BCUT2D eigenvalue weighted by atomic mass is 35.5. The Morgan fingerprint density at radius 1 is 0.259 bits per heavy atom. The predicted octanol–water partition coefficient (Wildman–Crippen LogP) is 22.7. The standard InChI is InChI=1S/2C16H13ClO3.C16H13FO3.2C16H13FO2.C15H11ClO2/c1-20-13-6-2-11(3-7-13)4-8-15(18)14-10-12(17)5-9-16(14)19;2*1-20-13-4-2-3-11(9-13)5-7-15(18)14-10-12(17)6-8-16(14)19;1-19-13-6-4-5-12(11-13)9-10-16(18)14-7-2-3-8-15(14)17;1-19-15-8-5-12(6-9-15)7-10-16(18)13-3-2-4-14(17)11-13;16-12-7-9-15(18)13(10-12)14(17)8-6-11-4-2-1-3-5-11/h3*2-10,19H,1H3;2*2-11H,1H3;1-10,18H/b8-4+;2*7-5+;10-9+;10-7+;8-6+. The molecule has 0 radical (unpaired) electrons. The molecule has 12 aromatic carbocycles. The fraction of sp³-hybridized carbons (Fsp3) is 0.0526. The third-order valence-electron chi connectivity index (χ3n) is 16.0. The number of benzene rings is 12. The van der Waals surface area contributed by atoms with Gasteiger partial charge in [-0.25, -0.2) is 13.2 Å². The quantitative estimate of drug-likeness (QED) is 0.0345. The number of rotatable bonds is 23. The van der Waals surface area contributed by atoms with Gasteiger partial charge in [-0.15, -0.1) is 0 Å². The second-order valence-electron chi connectivity index (χ2n) is 24.1. The lowest BCUT2D eigenvalue weighted by Gasteiger charge is -2.02. The van der Waals surface area contributed by atoms with E-state index in [1.807, 2.05) is 109 Å². The molecule has 0 amide bonds. The molecule has 15 nitrogen and oxygen atoms in total. The van der Waals surface area contributed by atoms with Gasteiger partial charge in [-0.3, -0.25) is 28.8 Å².